The highest BCUT2D eigenvalue weighted by molar-refractivity contribution is 7.99. The van der Waals surface area contributed by atoms with Crippen molar-refractivity contribution < 1.29 is 4.79 Å². The average molecular weight is 440 g/mol. The maximum Gasteiger partial charge on any atom is 0.250 e. The smallest absolute Gasteiger partial charge is 0.250 e. The molecule has 0 spiro atoms. The van der Waals surface area contributed by atoms with Crippen LogP contribution >= 0.6 is 23.1 Å². The van der Waals surface area contributed by atoms with Crippen LogP contribution in [0.15, 0.2) is 52.0 Å². The number of benzene rings is 1. The third-order valence-electron chi connectivity index (χ3n) is 5.17. The Morgan fingerprint density at radius 2 is 2.03 bits per heavy atom. The maximum absolute atomic E-state index is 12.2. The van der Waals surface area contributed by atoms with Crippen LogP contribution in [-0.4, -0.2) is 32.6 Å². The lowest BCUT2D eigenvalue weighted by Gasteiger charge is -2.25. The van der Waals surface area contributed by atoms with Crippen LogP contribution < -0.4 is 5.43 Å². The number of nitrogens with one attached hydrogen (secondary N) is 1. The molecule has 2 heterocycles. The van der Waals surface area contributed by atoms with Crippen LogP contribution in [0.3, 0.4) is 0 Å². The third-order valence-corrected chi connectivity index (χ3v) is 6.92. The summed E-state index contributed by atoms with van der Waals surface area (Å²) in [5.74, 6) is 0.990. The number of carbonyl (C=O) groups is 1. The first-order chi connectivity index (χ1) is 14.7. The van der Waals surface area contributed by atoms with E-state index in [1.54, 1.807) is 17.6 Å². The van der Waals surface area contributed by atoms with E-state index in [-0.39, 0.29) is 11.7 Å². The molecule has 1 aromatic carbocycles. The zero-order chi connectivity index (χ0) is 20.8. The number of hydrogen-bond acceptors (Lipinski definition) is 6. The number of thiophene rings is 1. The van der Waals surface area contributed by atoms with E-state index in [2.05, 4.69) is 56.5 Å². The number of carbonyl (C=O) groups excluding carboxylic acids is 1. The topological polar surface area (TPSA) is 72.2 Å². The second-order valence-corrected chi connectivity index (χ2v) is 9.35. The summed E-state index contributed by atoms with van der Waals surface area (Å²) in [5.41, 5.74) is 4.88. The quantitative estimate of drug-likeness (QED) is 0.317. The van der Waals surface area contributed by atoms with E-state index in [1.807, 2.05) is 17.5 Å². The van der Waals surface area contributed by atoms with Crippen molar-refractivity contribution in [2.45, 2.75) is 50.2 Å². The van der Waals surface area contributed by atoms with Gasteiger partial charge in [-0.25, -0.2) is 5.43 Å². The zero-order valence-corrected chi connectivity index (χ0v) is 18.6. The van der Waals surface area contributed by atoms with Crippen LogP contribution in [0.1, 0.15) is 48.6 Å². The van der Waals surface area contributed by atoms with E-state index < -0.39 is 0 Å². The van der Waals surface area contributed by atoms with E-state index in [0.29, 0.717) is 6.04 Å². The second-order valence-electron chi connectivity index (χ2n) is 7.43. The van der Waals surface area contributed by atoms with Crippen LogP contribution in [0, 0.1) is 6.92 Å². The molecule has 4 rings (SSSR count). The van der Waals surface area contributed by atoms with Gasteiger partial charge in [-0.3, -0.25) is 9.36 Å². The van der Waals surface area contributed by atoms with Crippen LogP contribution in [-0.2, 0) is 4.79 Å². The molecular weight excluding hydrogens is 414 g/mol. The van der Waals surface area contributed by atoms with E-state index >= 15 is 0 Å². The second kappa shape index (κ2) is 10.0. The number of hydrogen-bond donors (Lipinski definition) is 1. The number of aromatic nitrogens is 3. The molecule has 1 aliphatic rings. The van der Waals surface area contributed by atoms with Crippen molar-refractivity contribution in [3.05, 3.63) is 52.2 Å². The molecule has 1 saturated carbocycles. The highest BCUT2D eigenvalue weighted by Crippen LogP contribution is 2.35. The minimum Gasteiger partial charge on any atom is -0.299 e. The Kier molecular flexibility index (Phi) is 6.96. The molecule has 0 bridgehead atoms. The van der Waals surface area contributed by atoms with Crippen molar-refractivity contribution in [3.8, 4) is 11.4 Å². The number of rotatable bonds is 7. The van der Waals surface area contributed by atoms with Gasteiger partial charge < -0.3 is 0 Å². The Morgan fingerprint density at radius 1 is 1.23 bits per heavy atom. The minimum absolute atomic E-state index is 0.150. The molecule has 0 atom stereocenters. The van der Waals surface area contributed by atoms with Crippen molar-refractivity contribution in [1.82, 2.24) is 20.2 Å². The lowest BCUT2D eigenvalue weighted by atomic mass is 9.95. The first kappa shape index (κ1) is 20.8. The van der Waals surface area contributed by atoms with Gasteiger partial charge in [0.25, 0.3) is 5.91 Å². The maximum atomic E-state index is 12.2. The molecule has 1 aliphatic carbocycles. The van der Waals surface area contributed by atoms with Gasteiger partial charge in [-0.2, -0.15) is 5.10 Å². The minimum atomic E-state index is -0.150. The predicted molar refractivity (Wildman–Crippen MR) is 123 cm³/mol. The molecule has 0 saturated heterocycles. The molecule has 8 heteroatoms. The highest BCUT2D eigenvalue weighted by atomic mass is 32.2. The average Bonchev–Trinajstić information content (AvgIpc) is 3.43. The lowest BCUT2D eigenvalue weighted by molar-refractivity contribution is -0.118. The summed E-state index contributed by atoms with van der Waals surface area (Å²) in [7, 11) is 0. The molecule has 6 nitrogen and oxygen atoms in total. The number of nitrogens with zero attached hydrogens (tertiary/aromatic N) is 4. The standard InChI is InChI=1S/C22H25N5OS2/c1-16-9-11-17(12-10-16)21-25-26-22(27(21)18-6-3-2-4-7-18)30-15-20(28)24-23-14-19-8-5-13-29-19/h5,8-14,18H,2-4,6-7,15H2,1H3,(H,24,28). The monoisotopic (exact) mass is 439 g/mol. The van der Waals surface area contributed by atoms with Crippen molar-refractivity contribution in [1.29, 1.82) is 0 Å². The Morgan fingerprint density at radius 3 is 2.77 bits per heavy atom. The van der Waals surface area contributed by atoms with Gasteiger partial charge in [-0.05, 0) is 31.2 Å². The summed E-state index contributed by atoms with van der Waals surface area (Å²) in [6.07, 6.45) is 7.64. The van der Waals surface area contributed by atoms with Gasteiger partial charge in [-0.15, -0.1) is 21.5 Å². The summed E-state index contributed by atoms with van der Waals surface area (Å²) >= 11 is 3.00. The van der Waals surface area contributed by atoms with Gasteiger partial charge in [0, 0.05) is 16.5 Å². The van der Waals surface area contributed by atoms with Crippen LogP contribution in [0.2, 0.25) is 0 Å². The van der Waals surface area contributed by atoms with Crippen LogP contribution in [0.5, 0.6) is 0 Å². The molecule has 156 valence electrons. The van der Waals surface area contributed by atoms with E-state index in [0.717, 1.165) is 34.3 Å². The van der Waals surface area contributed by atoms with E-state index in [1.165, 1.54) is 36.6 Å². The van der Waals surface area contributed by atoms with E-state index in [4.69, 9.17) is 0 Å². The Hall–Kier alpha value is -2.45. The molecule has 30 heavy (non-hydrogen) atoms. The summed E-state index contributed by atoms with van der Waals surface area (Å²) < 4.78 is 2.25. The van der Waals surface area contributed by atoms with E-state index in [9.17, 15) is 4.79 Å². The first-order valence-corrected chi connectivity index (χ1v) is 12.1. The normalized spacial score (nSPS) is 15.0. The Balaban J connectivity index is 1.48. The largest absolute Gasteiger partial charge is 0.299 e. The fourth-order valence-corrected chi connectivity index (χ4v) is 5.02. The lowest BCUT2D eigenvalue weighted by Crippen LogP contribution is -2.20. The molecule has 0 aliphatic heterocycles. The zero-order valence-electron chi connectivity index (χ0n) is 17.0. The summed E-state index contributed by atoms with van der Waals surface area (Å²) in [4.78, 5) is 13.2. The predicted octanol–water partition coefficient (Wildman–Crippen LogP) is 5.06. The summed E-state index contributed by atoms with van der Waals surface area (Å²) in [5, 5.41) is 15.7. The molecular formula is C22H25N5OS2. The Bertz CT molecular complexity index is 989. The molecule has 1 fully saturated rings. The summed E-state index contributed by atoms with van der Waals surface area (Å²) in [6, 6.07) is 12.7. The van der Waals surface area contributed by atoms with Gasteiger partial charge in [-0.1, -0.05) is 66.9 Å². The van der Waals surface area contributed by atoms with Crippen molar-refractivity contribution in [3.63, 3.8) is 0 Å². The van der Waals surface area contributed by atoms with Gasteiger partial charge >= 0.3 is 0 Å². The number of thioether (sulfide) groups is 1. The molecule has 0 unspecified atom stereocenters. The van der Waals surface area contributed by atoms with Crippen molar-refractivity contribution in [2.75, 3.05) is 5.75 Å². The summed E-state index contributed by atoms with van der Waals surface area (Å²) in [6.45, 7) is 2.08. The van der Waals surface area contributed by atoms with Crippen molar-refractivity contribution >= 4 is 35.2 Å². The first-order valence-electron chi connectivity index (χ1n) is 10.2. The molecule has 1 N–H and O–H groups in total. The number of hydrazone groups is 1. The molecule has 0 radical (unpaired) electrons. The van der Waals surface area contributed by atoms with Crippen molar-refractivity contribution in [2.24, 2.45) is 5.10 Å². The molecule has 1 amide bonds. The third kappa shape index (κ3) is 5.17. The van der Waals surface area contributed by atoms with Gasteiger partial charge in [0.1, 0.15) is 0 Å². The van der Waals surface area contributed by atoms with Crippen LogP contribution in [0.25, 0.3) is 11.4 Å². The highest BCUT2D eigenvalue weighted by Gasteiger charge is 2.24. The van der Waals surface area contributed by atoms with Crippen LogP contribution in [0.4, 0.5) is 0 Å². The number of aryl methyl sites for hydroxylation is 1. The fraction of sp³-hybridized carbons (Fsp3) is 0.364. The number of amides is 1. The van der Waals surface area contributed by atoms with Gasteiger partial charge in [0.05, 0.1) is 12.0 Å². The van der Waals surface area contributed by atoms with Gasteiger partial charge in [0.2, 0.25) is 0 Å². The molecule has 2 aromatic heterocycles. The Labute approximate surface area is 184 Å². The van der Waals surface area contributed by atoms with Gasteiger partial charge in [0.15, 0.2) is 11.0 Å². The molecule has 3 aromatic rings. The fourth-order valence-electron chi connectivity index (χ4n) is 3.64. The SMILES string of the molecule is Cc1ccc(-c2nnc(SCC(=O)NN=Cc3cccs3)n2C2CCCCC2)cc1.